The van der Waals surface area contributed by atoms with Crippen molar-refractivity contribution in [2.45, 2.75) is 25.5 Å². The minimum absolute atomic E-state index is 0.115. The summed E-state index contributed by atoms with van der Waals surface area (Å²) in [6, 6.07) is 11.3. The van der Waals surface area contributed by atoms with Crippen LogP contribution in [0.4, 0.5) is 0 Å². The Morgan fingerprint density at radius 2 is 2.14 bits per heavy atom. The molecule has 1 aromatic carbocycles. The lowest BCUT2D eigenvalue weighted by Gasteiger charge is -2.14. The van der Waals surface area contributed by atoms with Gasteiger partial charge >= 0.3 is 0 Å². The Labute approximate surface area is 175 Å². The molecule has 1 amide bonds. The van der Waals surface area contributed by atoms with Crippen molar-refractivity contribution in [3.8, 4) is 5.69 Å². The number of hydrogen-bond donors (Lipinski definition) is 1. The lowest BCUT2D eigenvalue weighted by atomic mass is 10.1. The maximum Gasteiger partial charge on any atom is 0.276 e. The Hall–Kier alpha value is -2.84. The van der Waals surface area contributed by atoms with Crippen LogP contribution in [0.1, 0.15) is 16.9 Å². The second-order valence-electron chi connectivity index (χ2n) is 6.60. The number of thioether (sulfide) groups is 1. The van der Waals surface area contributed by atoms with E-state index in [0.717, 1.165) is 16.8 Å². The number of aryl methyl sites for hydroxylation is 2. The summed E-state index contributed by atoms with van der Waals surface area (Å²) in [5, 5.41) is 5.17. The van der Waals surface area contributed by atoms with E-state index in [2.05, 4.69) is 10.3 Å². The van der Waals surface area contributed by atoms with Gasteiger partial charge in [0, 0.05) is 0 Å². The molecule has 0 spiro atoms. The Balaban J connectivity index is 1.64. The van der Waals surface area contributed by atoms with Gasteiger partial charge in [-0.3, -0.25) is 14.2 Å². The lowest BCUT2D eigenvalue weighted by molar-refractivity contribution is -0.118. The molecule has 3 aromatic heterocycles. The molecule has 0 aliphatic heterocycles. The van der Waals surface area contributed by atoms with E-state index in [4.69, 9.17) is 4.42 Å². The first-order chi connectivity index (χ1) is 14.0. The molecule has 6 nitrogen and oxygen atoms in total. The van der Waals surface area contributed by atoms with Crippen LogP contribution < -0.4 is 10.9 Å². The third-order valence-electron chi connectivity index (χ3n) is 4.41. The van der Waals surface area contributed by atoms with Crippen molar-refractivity contribution in [3.05, 3.63) is 75.3 Å². The van der Waals surface area contributed by atoms with Gasteiger partial charge in [0.2, 0.25) is 5.91 Å². The van der Waals surface area contributed by atoms with E-state index in [1.54, 1.807) is 23.0 Å². The highest BCUT2D eigenvalue weighted by molar-refractivity contribution is 7.99. The molecular formula is C21H19N3O3S2. The molecule has 8 heteroatoms. The van der Waals surface area contributed by atoms with Crippen molar-refractivity contribution in [1.82, 2.24) is 14.9 Å². The minimum atomic E-state index is -0.154. The van der Waals surface area contributed by atoms with Gasteiger partial charge in [-0.15, -0.1) is 11.3 Å². The number of fused-ring (bicyclic) bond motifs is 1. The number of furan rings is 1. The quantitative estimate of drug-likeness (QED) is 0.372. The first-order valence-electron chi connectivity index (χ1n) is 9.02. The van der Waals surface area contributed by atoms with Gasteiger partial charge in [-0.2, -0.15) is 0 Å². The molecule has 29 heavy (non-hydrogen) atoms. The highest BCUT2D eigenvalue weighted by Crippen LogP contribution is 2.25. The molecule has 0 radical (unpaired) electrons. The number of amides is 1. The van der Waals surface area contributed by atoms with Crippen LogP contribution in [0.5, 0.6) is 0 Å². The summed E-state index contributed by atoms with van der Waals surface area (Å²) >= 11 is 2.62. The fraction of sp³-hybridized carbons (Fsp3) is 0.190. The SMILES string of the molecule is Cc1ccc(-n2c(SCC(=O)NCc3ccco3)nc3ccsc3c2=O)c(C)c1. The summed E-state index contributed by atoms with van der Waals surface area (Å²) in [5.74, 6) is 0.680. The monoisotopic (exact) mass is 425 g/mol. The van der Waals surface area contributed by atoms with E-state index in [1.807, 2.05) is 43.5 Å². The number of carbonyl (C=O) groups is 1. The molecular weight excluding hydrogens is 406 g/mol. The van der Waals surface area contributed by atoms with Gasteiger partial charge in [0.25, 0.3) is 5.56 Å². The van der Waals surface area contributed by atoms with Gasteiger partial charge in [-0.25, -0.2) is 4.98 Å². The van der Waals surface area contributed by atoms with Crippen LogP contribution in [0.2, 0.25) is 0 Å². The molecule has 0 saturated carbocycles. The van der Waals surface area contributed by atoms with Crippen molar-refractivity contribution in [3.63, 3.8) is 0 Å². The van der Waals surface area contributed by atoms with Crippen LogP contribution >= 0.6 is 23.1 Å². The van der Waals surface area contributed by atoms with Gasteiger partial charge in [-0.05, 0) is 49.1 Å². The third kappa shape index (κ3) is 4.13. The van der Waals surface area contributed by atoms with E-state index in [0.29, 0.717) is 27.7 Å². The summed E-state index contributed by atoms with van der Waals surface area (Å²) < 4.78 is 7.44. The highest BCUT2D eigenvalue weighted by Gasteiger charge is 2.17. The molecule has 0 unspecified atom stereocenters. The topological polar surface area (TPSA) is 77.1 Å². The predicted octanol–water partition coefficient (Wildman–Crippen LogP) is 4.07. The largest absolute Gasteiger partial charge is 0.467 e. The molecule has 3 heterocycles. The smallest absolute Gasteiger partial charge is 0.276 e. The Morgan fingerprint density at radius 1 is 1.28 bits per heavy atom. The summed E-state index contributed by atoms with van der Waals surface area (Å²) in [6.45, 7) is 4.31. The summed E-state index contributed by atoms with van der Waals surface area (Å²) in [7, 11) is 0. The molecule has 1 N–H and O–H groups in total. The van der Waals surface area contributed by atoms with Crippen molar-refractivity contribution >= 4 is 39.2 Å². The number of carbonyl (C=O) groups excluding carboxylic acids is 1. The number of aromatic nitrogens is 2. The highest BCUT2D eigenvalue weighted by atomic mass is 32.2. The molecule has 148 valence electrons. The molecule has 0 bridgehead atoms. The Bertz CT molecular complexity index is 1230. The first kappa shape index (κ1) is 19.5. The number of thiophene rings is 1. The van der Waals surface area contributed by atoms with Gasteiger partial charge in [0.05, 0.1) is 29.8 Å². The maximum absolute atomic E-state index is 13.2. The number of benzene rings is 1. The molecule has 0 atom stereocenters. The van der Waals surface area contributed by atoms with E-state index in [9.17, 15) is 9.59 Å². The van der Waals surface area contributed by atoms with Gasteiger partial charge in [0.1, 0.15) is 10.5 Å². The van der Waals surface area contributed by atoms with Gasteiger partial charge < -0.3 is 9.73 Å². The lowest BCUT2D eigenvalue weighted by Crippen LogP contribution is -2.26. The Kier molecular flexibility index (Phi) is 5.55. The van der Waals surface area contributed by atoms with E-state index in [1.165, 1.54) is 23.1 Å². The zero-order valence-corrected chi connectivity index (χ0v) is 17.6. The minimum Gasteiger partial charge on any atom is -0.467 e. The summed E-state index contributed by atoms with van der Waals surface area (Å²) in [4.78, 5) is 30.1. The van der Waals surface area contributed by atoms with Crippen LogP contribution in [0.15, 0.2) is 62.4 Å². The summed E-state index contributed by atoms with van der Waals surface area (Å²) in [5.41, 5.74) is 3.42. The molecule has 4 aromatic rings. The van der Waals surface area contributed by atoms with Crippen molar-refractivity contribution < 1.29 is 9.21 Å². The van der Waals surface area contributed by atoms with Crippen molar-refractivity contribution in [2.75, 3.05) is 5.75 Å². The van der Waals surface area contributed by atoms with Crippen LogP contribution in [0.3, 0.4) is 0 Å². The van der Waals surface area contributed by atoms with Crippen LogP contribution in [0, 0.1) is 13.8 Å². The van der Waals surface area contributed by atoms with Crippen molar-refractivity contribution in [2.24, 2.45) is 0 Å². The van der Waals surface area contributed by atoms with Crippen LogP contribution in [-0.4, -0.2) is 21.2 Å². The molecule has 0 saturated heterocycles. The molecule has 0 aliphatic carbocycles. The number of nitrogens with one attached hydrogen (secondary N) is 1. The van der Waals surface area contributed by atoms with E-state index < -0.39 is 0 Å². The van der Waals surface area contributed by atoms with Crippen molar-refractivity contribution in [1.29, 1.82) is 0 Å². The average Bonchev–Trinajstić information content (AvgIpc) is 3.37. The second-order valence-corrected chi connectivity index (χ2v) is 8.46. The predicted molar refractivity (Wildman–Crippen MR) is 116 cm³/mol. The maximum atomic E-state index is 13.2. The normalized spacial score (nSPS) is 11.1. The van der Waals surface area contributed by atoms with Crippen LogP contribution in [0.25, 0.3) is 15.9 Å². The molecule has 0 aliphatic rings. The molecule has 0 fully saturated rings. The Morgan fingerprint density at radius 3 is 2.90 bits per heavy atom. The second kappa shape index (κ2) is 8.26. The molecule has 4 rings (SSSR count). The number of nitrogens with zero attached hydrogens (tertiary/aromatic N) is 2. The summed E-state index contributed by atoms with van der Waals surface area (Å²) in [6.07, 6.45) is 1.57. The standard InChI is InChI=1S/C21H19N3O3S2/c1-13-5-6-17(14(2)10-13)24-20(26)19-16(7-9-28-19)23-21(24)29-12-18(25)22-11-15-4-3-8-27-15/h3-10H,11-12H2,1-2H3,(H,22,25). The third-order valence-corrected chi connectivity index (χ3v) is 6.24. The van der Waals surface area contributed by atoms with Gasteiger partial charge in [-0.1, -0.05) is 29.5 Å². The van der Waals surface area contributed by atoms with Gasteiger partial charge in [0.15, 0.2) is 5.16 Å². The first-order valence-corrected chi connectivity index (χ1v) is 10.9. The zero-order valence-electron chi connectivity index (χ0n) is 16.0. The fourth-order valence-corrected chi connectivity index (χ4v) is 4.63. The van der Waals surface area contributed by atoms with E-state index >= 15 is 0 Å². The number of rotatable bonds is 6. The fourth-order valence-electron chi connectivity index (χ4n) is 3.04. The zero-order chi connectivity index (χ0) is 20.4. The average molecular weight is 426 g/mol. The van der Waals surface area contributed by atoms with Crippen LogP contribution in [-0.2, 0) is 11.3 Å². The van der Waals surface area contributed by atoms with E-state index in [-0.39, 0.29) is 17.2 Å². The number of hydrogen-bond acceptors (Lipinski definition) is 6.